The van der Waals surface area contributed by atoms with Crippen LogP contribution in [0.15, 0.2) is 54.9 Å². The molecule has 2 aromatic carbocycles. The number of para-hydroxylation sites is 1. The van der Waals surface area contributed by atoms with Crippen LogP contribution in [0, 0.1) is 0 Å². The first kappa shape index (κ1) is 16.8. The smallest absolute Gasteiger partial charge is 0.152 e. The third-order valence-corrected chi connectivity index (χ3v) is 4.63. The Morgan fingerprint density at radius 3 is 2.73 bits per heavy atom. The minimum Gasteiger partial charge on any atom is -0.382 e. The first-order valence-corrected chi connectivity index (χ1v) is 8.84. The highest BCUT2D eigenvalue weighted by molar-refractivity contribution is 6.30. The number of nitrogens with zero attached hydrogens (tertiary/aromatic N) is 3. The lowest BCUT2D eigenvalue weighted by Crippen LogP contribution is -2.16. The molecular formula is C20H19ClN4O. The minimum atomic E-state index is 0.0104. The molecule has 1 unspecified atom stereocenters. The molecule has 1 atom stereocenters. The molecule has 0 radical (unpaired) electrons. The monoisotopic (exact) mass is 366 g/mol. The molecule has 0 saturated heterocycles. The van der Waals surface area contributed by atoms with Gasteiger partial charge in [0.05, 0.1) is 36.6 Å². The van der Waals surface area contributed by atoms with Crippen molar-refractivity contribution in [2.24, 2.45) is 0 Å². The van der Waals surface area contributed by atoms with Crippen LogP contribution < -0.4 is 5.73 Å². The summed E-state index contributed by atoms with van der Waals surface area (Å²) in [5.41, 5.74) is 9.77. The number of nitrogens with two attached hydrogens (primary N) is 1. The highest BCUT2D eigenvalue weighted by Crippen LogP contribution is 2.27. The molecule has 0 bridgehead atoms. The maximum absolute atomic E-state index is 6.08. The first-order chi connectivity index (χ1) is 12.6. The van der Waals surface area contributed by atoms with Gasteiger partial charge in [-0.25, -0.2) is 9.97 Å². The number of anilines is 1. The van der Waals surface area contributed by atoms with Crippen molar-refractivity contribution in [2.45, 2.75) is 26.2 Å². The van der Waals surface area contributed by atoms with Gasteiger partial charge in [0.1, 0.15) is 5.52 Å². The highest BCUT2D eigenvalue weighted by Gasteiger charge is 2.14. The van der Waals surface area contributed by atoms with Crippen LogP contribution in [0.2, 0.25) is 5.02 Å². The lowest BCUT2D eigenvalue weighted by Gasteiger charge is -2.15. The van der Waals surface area contributed by atoms with E-state index in [0.717, 1.165) is 32.5 Å². The Hall–Kier alpha value is -2.63. The van der Waals surface area contributed by atoms with Crippen molar-refractivity contribution >= 4 is 39.4 Å². The number of rotatable bonds is 5. The molecule has 0 aliphatic rings. The lowest BCUT2D eigenvalue weighted by atomic mass is 10.2. The first-order valence-electron chi connectivity index (χ1n) is 8.47. The molecular weight excluding hydrogens is 348 g/mol. The second kappa shape index (κ2) is 6.94. The van der Waals surface area contributed by atoms with E-state index < -0.39 is 0 Å². The van der Waals surface area contributed by atoms with Gasteiger partial charge in [-0.05, 0) is 30.7 Å². The Balaban J connectivity index is 1.58. The van der Waals surface area contributed by atoms with E-state index in [9.17, 15) is 0 Å². The Labute approximate surface area is 156 Å². The Kier molecular flexibility index (Phi) is 4.49. The minimum absolute atomic E-state index is 0.0104. The van der Waals surface area contributed by atoms with Gasteiger partial charge in [0.25, 0.3) is 0 Å². The van der Waals surface area contributed by atoms with Crippen LogP contribution in [-0.2, 0) is 17.9 Å². The van der Waals surface area contributed by atoms with Crippen LogP contribution in [0.4, 0.5) is 5.82 Å². The fourth-order valence-electron chi connectivity index (χ4n) is 3.09. The number of fused-ring (bicyclic) bond motifs is 3. The topological polar surface area (TPSA) is 66.0 Å². The van der Waals surface area contributed by atoms with Crippen molar-refractivity contribution in [1.82, 2.24) is 14.5 Å². The number of imidazole rings is 1. The number of ether oxygens (including phenoxy) is 1. The summed E-state index contributed by atoms with van der Waals surface area (Å²) in [5.74, 6) is 0.451. The zero-order valence-electron chi connectivity index (χ0n) is 14.4. The molecule has 26 heavy (non-hydrogen) atoms. The molecule has 0 aliphatic heterocycles. The molecule has 0 spiro atoms. The third-order valence-electron chi connectivity index (χ3n) is 4.38. The molecule has 132 valence electrons. The summed E-state index contributed by atoms with van der Waals surface area (Å²) < 4.78 is 8.08. The van der Waals surface area contributed by atoms with Crippen molar-refractivity contribution in [3.05, 3.63) is 65.4 Å². The average molecular weight is 367 g/mol. The molecule has 0 amide bonds. The summed E-state index contributed by atoms with van der Waals surface area (Å²) in [4.78, 5) is 8.89. The van der Waals surface area contributed by atoms with E-state index >= 15 is 0 Å². The Morgan fingerprint density at radius 1 is 1.15 bits per heavy atom. The van der Waals surface area contributed by atoms with E-state index in [-0.39, 0.29) is 6.10 Å². The Bertz CT molecular complexity index is 1060. The van der Waals surface area contributed by atoms with Gasteiger partial charge in [-0.15, -0.1) is 0 Å². The maximum Gasteiger partial charge on any atom is 0.152 e. The average Bonchev–Trinajstić information content (AvgIpc) is 3.06. The van der Waals surface area contributed by atoms with Crippen LogP contribution in [0.3, 0.4) is 0 Å². The largest absolute Gasteiger partial charge is 0.382 e. The van der Waals surface area contributed by atoms with E-state index in [1.807, 2.05) is 48.5 Å². The molecule has 6 heteroatoms. The lowest BCUT2D eigenvalue weighted by molar-refractivity contribution is 0.0426. The van der Waals surface area contributed by atoms with Crippen molar-refractivity contribution in [1.29, 1.82) is 0 Å². The molecule has 2 N–H and O–H groups in total. The standard InChI is InChI=1S/C20H19ClN4O/c1-13(26-11-14-6-8-15(21)9-7-14)10-25-12-23-18-19(25)16-4-2-3-5-17(16)24-20(18)22/h2-9,12-13H,10-11H2,1H3,(H2,22,24). The molecule has 2 heterocycles. The second-order valence-electron chi connectivity index (χ2n) is 6.36. The zero-order chi connectivity index (χ0) is 18.1. The van der Waals surface area contributed by atoms with Gasteiger partial charge in [-0.2, -0.15) is 0 Å². The molecule has 5 nitrogen and oxygen atoms in total. The van der Waals surface area contributed by atoms with Crippen molar-refractivity contribution in [3.63, 3.8) is 0 Å². The number of benzene rings is 2. The Morgan fingerprint density at radius 2 is 1.92 bits per heavy atom. The van der Waals surface area contributed by atoms with Crippen LogP contribution in [-0.4, -0.2) is 20.6 Å². The summed E-state index contributed by atoms with van der Waals surface area (Å²) in [6.07, 6.45) is 1.81. The molecule has 4 rings (SSSR count). The van der Waals surface area contributed by atoms with Crippen molar-refractivity contribution in [3.8, 4) is 0 Å². The number of halogens is 1. The van der Waals surface area contributed by atoms with E-state index in [1.54, 1.807) is 6.33 Å². The van der Waals surface area contributed by atoms with Gasteiger partial charge in [-0.1, -0.05) is 41.9 Å². The van der Waals surface area contributed by atoms with Gasteiger partial charge in [0.2, 0.25) is 0 Å². The third kappa shape index (κ3) is 3.23. The SMILES string of the molecule is CC(Cn1cnc2c(N)nc3ccccc3c21)OCc1ccc(Cl)cc1. The fourth-order valence-corrected chi connectivity index (χ4v) is 3.22. The van der Waals surface area contributed by atoms with Crippen molar-refractivity contribution < 1.29 is 4.74 Å². The van der Waals surface area contributed by atoms with Crippen molar-refractivity contribution in [2.75, 3.05) is 5.73 Å². The van der Waals surface area contributed by atoms with Crippen LogP contribution >= 0.6 is 11.6 Å². The normalized spacial score (nSPS) is 12.7. The maximum atomic E-state index is 6.08. The molecule has 0 aliphatic carbocycles. The summed E-state index contributed by atoms with van der Waals surface area (Å²) in [6, 6.07) is 15.6. The predicted octanol–water partition coefficient (Wildman–Crippen LogP) is 4.43. The summed E-state index contributed by atoms with van der Waals surface area (Å²) in [7, 11) is 0. The summed E-state index contributed by atoms with van der Waals surface area (Å²) in [6.45, 7) is 3.27. The molecule has 4 aromatic rings. The number of nitrogen functional groups attached to an aromatic ring is 1. The van der Waals surface area contributed by atoms with E-state index in [1.165, 1.54) is 0 Å². The van der Waals surface area contributed by atoms with Gasteiger partial charge in [0, 0.05) is 10.4 Å². The molecule has 0 saturated carbocycles. The van der Waals surface area contributed by atoms with E-state index in [4.69, 9.17) is 22.1 Å². The fraction of sp³-hybridized carbons (Fsp3) is 0.200. The number of hydrogen-bond donors (Lipinski definition) is 1. The summed E-state index contributed by atoms with van der Waals surface area (Å²) in [5, 5.41) is 1.77. The number of pyridine rings is 1. The van der Waals surface area contributed by atoms with E-state index in [0.29, 0.717) is 19.0 Å². The molecule has 2 aromatic heterocycles. The van der Waals surface area contributed by atoms with Gasteiger partial charge in [0.15, 0.2) is 5.82 Å². The van der Waals surface area contributed by atoms with Crippen LogP contribution in [0.1, 0.15) is 12.5 Å². The zero-order valence-corrected chi connectivity index (χ0v) is 15.1. The number of aromatic nitrogens is 3. The summed E-state index contributed by atoms with van der Waals surface area (Å²) >= 11 is 5.92. The van der Waals surface area contributed by atoms with Gasteiger partial charge in [-0.3, -0.25) is 0 Å². The molecule has 0 fully saturated rings. The number of hydrogen-bond acceptors (Lipinski definition) is 4. The highest BCUT2D eigenvalue weighted by atomic mass is 35.5. The second-order valence-corrected chi connectivity index (χ2v) is 6.79. The quantitative estimate of drug-likeness (QED) is 0.567. The van der Waals surface area contributed by atoms with Crippen LogP contribution in [0.5, 0.6) is 0 Å². The van der Waals surface area contributed by atoms with Gasteiger partial charge >= 0.3 is 0 Å². The van der Waals surface area contributed by atoms with Crippen LogP contribution in [0.25, 0.3) is 21.9 Å². The van der Waals surface area contributed by atoms with Gasteiger partial charge < -0.3 is 15.0 Å². The van der Waals surface area contributed by atoms with E-state index in [2.05, 4.69) is 21.5 Å². The predicted molar refractivity (Wildman–Crippen MR) is 105 cm³/mol.